The number of fused-ring (bicyclic) bond motifs is 5. The van der Waals surface area contributed by atoms with Crippen LogP contribution in [0.2, 0.25) is 0 Å². The highest BCUT2D eigenvalue weighted by Crippen LogP contribution is 2.45. The maximum atomic E-state index is 13.6. The van der Waals surface area contributed by atoms with E-state index in [-0.39, 0.29) is 5.41 Å². The molecule has 0 fully saturated rings. The fourth-order valence-electron chi connectivity index (χ4n) is 6.19. The summed E-state index contributed by atoms with van der Waals surface area (Å²) in [6.07, 6.45) is 0. The molecule has 7 rings (SSSR count). The van der Waals surface area contributed by atoms with E-state index in [1.807, 2.05) is 30.3 Å². The van der Waals surface area contributed by atoms with Crippen LogP contribution in [0.15, 0.2) is 66.7 Å². The van der Waals surface area contributed by atoms with Gasteiger partial charge in [-0.1, -0.05) is 26.8 Å². The van der Waals surface area contributed by atoms with E-state index in [4.69, 9.17) is 28.4 Å². The lowest BCUT2D eigenvalue weighted by atomic mass is 9.95. The topological polar surface area (TPSA) is 89.5 Å². The van der Waals surface area contributed by atoms with Crippen LogP contribution < -0.4 is 38.9 Å². The SMILES string of the molecule is COc1ccc(C2=c3ccc4c5c(ccc4c3OC2=O)=C(c2cc(OC)c(OC)c(-c3ccc(C(C)(C)C)s3)c2)C(=O)O5)cc1OC. The lowest BCUT2D eigenvalue weighted by Crippen LogP contribution is -2.08. The Morgan fingerprint density at radius 1 is 0.596 bits per heavy atom. The monoisotopic (exact) mass is 648 g/mol. The van der Waals surface area contributed by atoms with Crippen molar-refractivity contribution < 1.29 is 38.0 Å². The van der Waals surface area contributed by atoms with Crippen molar-refractivity contribution in [3.63, 3.8) is 0 Å². The van der Waals surface area contributed by atoms with Gasteiger partial charge in [0.1, 0.15) is 11.5 Å². The standard InChI is InChI=1S/C38H32O8S/c1-38(2,3)30-15-14-29(47-30)25-16-20(18-28(43-6)35(25)44-7)32-24-12-10-21-22(34(24)46-37(32)40)9-11-23-31(36(39)45-33(21)23)19-8-13-26(41-4)27(17-19)42-5/h8-18H,1-7H3. The zero-order valence-electron chi connectivity index (χ0n) is 27.0. The molecule has 2 aliphatic heterocycles. The minimum Gasteiger partial charge on any atom is -0.493 e. The van der Waals surface area contributed by atoms with E-state index in [2.05, 4.69) is 32.9 Å². The molecular weight excluding hydrogens is 616 g/mol. The Bertz CT molecular complexity index is 2270. The lowest BCUT2D eigenvalue weighted by molar-refractivity contribution is -0.128. The first-order chi connectivity index (χ1) is 22.6. The first-order valence-electron chi connectivity index (χ1n) is 15.0. The van der Waals surface area contributed by atoms with E-state index >= 15 is 0 Å². The highest BCUT2D eigenvalue weighted by molar-refractivity contribution is 7.15. The predicted octanol–water partition coefficient (Wildman–Crippen LogP) is 6.14. The van der Waals surface area contributed by atoms with Crippen molar-refractivity contribution in [3.8, 4) is 44.9 Å². The molecule has 9 heteroatoms. The van der Waals surface area contributed by atoms with E-state index in [1.54, 1.807) is 64.0 Å². The summed E-state index contributed by atoms with van der Waals surface area (Å²) in [5.41, 5.74) is 2.90. The molecule has 47 heavy (non-hydrogen) atoms. The molecule has 0 bridgehead atoms. The van der Waals surface area contributed by atoms with Crippen LogP contribution >= 0.6 is 11.3 Å². The second kappa shape index (κ2) is 11.2. The Morgan fingerprint density at radius 3 is 1.70 bits per heavy atom. The third kappa shape index (κ3) is 4.80. The van der Waals surface area contributed by atoms with Crippen molar-refractivity contribution in [1.82, 2.24) is 0 Å². The van der Waals surface area contributed by atoms with Crippen LogP contribution in [0, 0.1) is 0 Å². The molecule has 0 atom stereocenters. The number of benzene rings is 4. The van der Waals surface area contributed by atoms with E-state index in [1.165, 1.54) is 4.88 Å². The van der Waals surface area contributed by atoms with Gasteiger partial charge in [-0.3, -0.25) is 0 Å². The number of ether oxygens (including phenoxy) is 6. The number of hydrogen-bond acceptors (Lipinski definition) is 9. The second-order valence-electron chi connectivity index (χ2n) is 12.3. The van der Waals surface area contributed by atoms with Crippen molar-refractivity contribution in [2.75, 3.05) is 28.4 Å². The maximum absolute atomic E-state index is 13.6. The van der Waals surface area contributed by atoms with Gasteiger partial charge in [-0.15, -0.1) is 11.3 Å². The quantitative estimate of drug-likeness (QED) is 0.154. The Hall–Kier alpha value is -5.28. The smallest absolute Gasteiger partial charge is 0.344 e. The number of thiophene rings is 1. The third-order valence-electron chi connectivity index (χ3n) is 8.49. The second-order valence-corrected chi connectivity index (χ2v) is 13.3. The zero-order chi connectivity index (χ0) is 33.2. The molecule has 0 saturated heterocycles. The van der Waals surface area contributed by atoms with E-state index in [0.29, 0.717) is 78.0 Å². The van der Waals surface area contributed by atoms with E-state index < -0.39 is 11.9 Å². The van der Waals surface area contributed by atoms with Crippen LogP contribution in [-0.2, 0) is 15.0 Å². The van der Waals surface area contributed by atoms with E-state index in [9.17, 15) is 9.59 Å². The van der Waals surface area contributed by atoms with Crippen molar-refractivity contribution in [2.45, 2.75) is 26.2 Å². The van der Waals surface area contributed by atoms with Gasteiger partial charge in [-0.25, -0.2) is 9.59 Å². The number of hydrogen-bond donors (Lipinski definition) is 0. The van der Waals surface area contributed by atoms with Gasteiger partial charge >= 0.3 is 11.9 Å². The molecule has 0 N–H and O–H groups in total. The first-order valence-corrected chi connectivity index (χ1v) is 15.8. The summed E-state index contributed by atoms with van der Waals surface area (Å²) in [6.45, 7) is 6.52. The van der Waals surface area contributed by atoms with Gasteiger partial charge in [0.15, 0.2) is 23.0 Å². The summed E-state index contributed by atoms with van der Waals surface area (Å²) >= 11 is 1.68. The van der Waals surface area contributed by atoms with E-state index in [0.717, 1.165) is 10.4 Å². The molecule has 5 aromatic rings. The number of carbonyl (C=O) groups excluding carboxylic acids is 2. The molecule has 8 nitrogen and oxygen atoms in total. The third-order valence-corrected chi connectivity index (χ3v) is 10.0. The highest BCUT2D eigenvalue weighted by Gasteiger charge is 2.32. The number of carbonyl (C=O) groups is 2. The van der Waals surface area contributed by atoms with Crippen LogP contribution in [0.4, 0.5) is 0 Å². The van der Waals surface area contributed by atoms with Crippen molar-refractivity contribution in [1.29, 1.82) is 0 Å². The molecule has 0 unspecified atom stereocenters. The van der Waals surface area contributed by atoms with Gasteiger partial charge in [0.2, 0.25) is 0 Å². The Kier molecular flexibility index (Phi) is 7.24. The molecular formula is C38H32O8S. The Morgan fingerprint density at radius 2 is 1.17 bits per heavy atom. The fraction of sp³-hybridized carbons (Fsp3) is 0.211. The van der Waals surface area contributed by atoms with Crippen LogP contribution in [0.1, 0.15) is 36.8 Å². The first kappa shape index (κ1) is 30.4. The van der Waals surface area contributed by atoms with Gasteiger partial charge < -0.3 is 28.4 Å². The van der Waals surface area contributed by atoms with Crippen LogP contribution in [-0.4, -0.2) is 40.4 Å². The summed E-state index contributed by atoms with van der Waals surface area (Å²) in [6, 6.07) is 20.6. The van der Waals surface area contributed by atoms with Crippen LogP contribution in [0.3, 0.4) is 0 Å². The van der Waals surface area contributed by atoms with Gasteiger partial charge in [-0.05, 0) is 77.2 Å². The number of esters is 2. The normalized spacial score (nSPS) is 13.8. The Labute approximate surface area is 275 Å². The lowest BCUT2D eigenvalue weighted by Gasteiger charge is -2.16. The summed E-state index contributed by atoms with van der Waals surface area (Å²) < 4.78 is 34.1. The number of methoxy groups -OCH3 is 4. The number of rotatable bonds is 7. The molecule has 0 saturated carbocycles. The molecule has 0 spiro atoms. The molecule has 0 radical (unpaired) electrons. The molecule has 4 aromatic carbocycles. The summed E-state index contributed by atoms with van der Waals surface area (Å²) in [4.78, 5) is 29.1. The Balaban J connectivity index is 1.41. The largest absolute Gasteiger partial charge is 0.493 e. The van der Waals surface area contributed by atoms with Crippen molar-refractivity contribution in [2.24, 2.45) is 0 Å². The molecule has 1 aromatic heterocycles. The average Bonchev–Trinajstić information content (AvgIpc) is 3.78. The average molecular weight is 649 g/mol. The van der Waals surface area contributed by atoms with Crippen molar-refractivity contribution >= 4 is 45.2 Å². The molecule has 2 aliphatic rings. The van der Waals surface area contributed by atoms with Crippen LogP contribution in [0.5, 0.6) is 34.5 Å². The summed E-state index contributed by atoms with van der Waals surface area (Å²) in [5, 5.41) is 2.58. The minimum atomic E-state index is -0.484. The zero-order valence-corrected chi connectivity index (χ0v) is 27.8. The summed E-state index contributed by atoms with van der Waals surface area (Å²) in [5.74, 6) is 1.99. The van der Waals surface area contributed by atoms with Gasteiger partial charge in [0.05, 0.1) is 39.6 Å². The molecule has 238 valence electrons. The molecule has 0 amide bonds. The highest BCUT2D eigenvalue weighted by atomic mass is 32.1. The van der Waals surface area contributed by atoms with Gasteiger partial charge in [0, 0.05) is 36.5 Å². The van der Waals surface area contributed by atoms with Crippen LogP contribution in [0.25, 0.3) is 32.4 Å². The van der Waals surface area contributed by atoms with Gasteiger partial charge in [0.25, 0.3) is 0 Å². The summed E-state index contributed by atoms with van der Waals surface area (Å²) in [7, 11) is 6.29. The predicted molar refractivity (Wildman–Crippen MR) is 181 cm³/mol. The van der Waals surface area contributed by atoms with Gasteiger partial charge in [-0.2, -0.15) is 0 Å². The molecule has 3 heterocycles. The maximum Gasteiger partial charge on any atom is 0.344 e. The fourth-order valence-corrected chi connectivity index (χ4v) is 7.26. The minimum absolute atomic E-state index is 0.0175. The molecule has 0 aliphatic carbocycles. The van der Waals surface area contributed by atoms with Crippen molar-refractivity contribution in [3.05, 3.63) is 93.2 Å².